The lowest BCUT2D eigenvalue weighted by atomic mass is 9.83. The molecule has 0 bridgehead atoms. The number of nitrogens with two attached hydrogens (primary N) is 1. The van der Waals surface area contributed by atoms with Gasteiger partial charge in [-0.05, 0) is 37.0 Å². The van der Waals surface area contributed by atoms with E-state index in [2.05, 4.69) is 5.32 Å². The van der Waals surface area contributed by atoms with E-state index in [-0.39, 0.29) is 22.8 Å². The molecule has 6 nitrogen and oxygen atoms in total. The Morgan fingerprint density at radius 2 is 2.00 bits per heavy atom. The molecule has 2 atom stereocenters. The minimum atomic E-state index is -3.51. The summed E-state index contributed by atoms with van der Waals surface area (Å²) >= 11 is 0. The first-order valence-electron chi connectivity index (χ1n) is 7.88. The third kappa shape index (κ3) is 4.53. The molecule has 23 heavy (non-hydrogen) atoms. The summed E-state index contributed by atoms with van der Waals surface area (Å²) in [7, 11) is -0.555. The largest absolute Gasteiger partial charge is 0.327 e. The van der Waals surface area contributed by atoms with Crippen LogP contribution in [0.25, 0.3) is 0 Å². The maximum Gasteiger partial charge on any atom is 0.242 e. The van der Waals surface area contributed by atoms with E-state index in [0.717, 1.165) is 30.0 Å². The maximum absolute atomic E-state index is 12.2. The van der Waals surface area contributed by atoms with Crippen LogP contribution in [0.3, 0.4) is 0 Å². The number of benzene rings is 1. The van der Waals surface area contributed by atoms with Gasteiger partial charge < -0.3 is 11.1 Å². The monoisotopic (exact) mass is 339 g/mol. The molecule has 1 saturated carbocycles. The summed E-state index contributed by atoms with van der Waals surface area (Å²) < 4.78 is 25.4. The van der Waals surface area contributed by atoms with Crippen LogP contribution in [0.2, 0.25) is 0 Å². The van der Waals surface area contributed by atoms with Gasteiger partial charge in [0.15, 0.2) is 0 Å². The van der Waals surface area contributed by atoms with Crippen molar-refractivity contribution < 1.29 is 13.2 Å². The average molecular weight is 339 g/mol. The summed E-state index contributed by atoms with van der Waals surface area (Å²) in [6.07, 6.45) is 4.57. The van der Waals surface area contributed by atoms with Crippen LogP contribution >= 0.6 is 0 Å². The van der Waals surface area contributed by atoms with Gasteiger partial charge in [-0.3, -0.25) is 4.79 Å². The van der Waals surface area contributed by atoms with Gasteiger partial charge in [0.05, 0.1) is 4.90 Å². The second-order valence-electron chi connectivity index (χ2n) is 6.28. The molecule has 1 amide bonds. The smallest absolute Gasteiger partial charge is 0.242 e. The third-order valence-electron chi connectivity index (χ3n) is 4.31. The number of hydrogen-bond acceptors (Lipinski definition) is 4. The number of rotatable bonds is 5. The van der Waals surface area contributed by atoms with Crippen LogP contribution in [0, 0.1) is 5.92 Å². The minimum absolute atomic E-state index is 0.0787. The third-order valence-corrected chi connectivity index (χ3v) is 6.12. The first kappa shape index (κ1) is 17.9. The van der Waals surface area contributed by atoms with Crippen LogP contribution in [0.4, 0.5) is 5.69 Å². The second-order valence-corrected chi connectivity index (χ2v) is 8.43. The van der Waals surface area contributed by atoms with E-state index < -0.39 is 10.0 Å². The molecular weight excluding hydrogens is 314 g/mol. The summed E-state index contributed by atoms with van der Waals surface area (Å²) in [6, 6.07) is 6.39. The Labute approximate surface area is 138 Å². The zero-order valence-electron chi connectivity index (χ0n) is 13.7. The van der Waals surface area contributed by atoms with Crippen molar-refractivity contribution in [2.24, 2.45) is 11.7 Å². The molecule has 0 radical (unpaired) electrons. The van der Waals surface area contributed by atoms with Gasteiger partial charge in [-0.25, -0.2) is 12.7 Å². The van der Waals surface area contributed by atoms with Gasteiger partial charge >= 0.3 is 0 Å². The standard InChI is InChI=1S/C16H25N3O3S/c1-19(2)23(21,22)14-8-5-7-13(11-14)18-16(20)10-12-6-3-4-9-15(12)17/h5,7-8,11-12,15H,3-4,6,9-10,17H2,1-2H3,(H,18,20). The Hall–Kier alpha value is -1.44. The molecule has 0 heterocycles. The molecular formula is C16H25N3O3S. The first-order valence-corrected chi connectivity index (χ1v) is 9.32. The molecule has 1 fully saturated rings. The van der Waals surface area contributed by atoms with Crippen LogP contribution < -0.4 is 11.1 Å². The predicted molar refractivity (Wildman–Crippen MR) is 90.5 cm³/mol. The molecule has 128 valence electrons. The van der Waals surface area contributed by atoms with E-state index in [9.17, 15) is 13.2 Å². The number of carbonyl (C=O) groups is 1. The average Bonchev–Trinajstić information content (AvgIpc) is 2.49. The highest BCUT2D eigenvalue weighted by Crippen LogP contribution is 2.26. The molecule has 0 saturated heterocycles. The fourth-order valence-electron chi connectivity index (χ4n) is 2.89. The summed E-state index contributed by atoms with van der Waals surface area (Å²) in [4.78, 5) is 12.4. The summed E-state index contributed by atoms with van der Waals surface area (Å²) in [5.74, 6) is 0.0872. The van der Waals surface area contributed by atoms with Gasteiger partial charge in [-0.1, -0.05) is 18.9 Å². The summed E-state index contributed by atoms with van der Waals surface area (Å²) in [6.45, 7) is 0. The van der Waals surface area contributed by atoms with Gasteiger partial charge in [-0.2, -0.15) is 0 Å². The quantitative estimate of drug-likeness (QED) is 0.855. The normalized spacial score (nSPS) is 22.1. The van der Waals surface area contributed by atoms with Crippen molar-refractivity contribution in [2.75, 3.05) is 19.4 Å². The molecule has 1 aromatic rings. The number of nitrogens with one attached hydrogen (secondary N) is 1. The van der Waals surface area contributed by atoms with Gasteiger partial charge in [0.25, 0.3) is 0 Å². The minimum Gasteiger partial charge on any atom is -0.327 e. The Morgan fingerprint density at radius 3 is 2.65 bits per heavy atom. The molecule has 0 aromatic heterocycles. The fourth-order valence-corrected chi connectivity index (χ4v) is 3.83. The number of hydrogen-bond donors (Lipinski definition) is 2. The zero-order valence-corrected chi connectivity index (χ0v) is 14.5. The summed E-state index contributed by atoms with van der Waals surface area (Å²) in [5.41, 5.74) is 6.56. The summed E-state index contributed by atoms with van der Waals surface area (Å²) in [5, 5.41) is 2.78. The Kier molecular flexibility index (Phi) is 5.78. The number of amides is 1. The fraction of sp³-hybridized carbons (Fsp3) is 0.562. The number of carbonyl (C=O) groups excluding carboxylic acids is 1. The lowest BCUT2D eigenvalue weighted by molar-refractivity contribution is -0.117. The lowest BCUT2D eigenvalue weighted by Crippen LogP contribution is -2.35. The Bertz CT molecular complexity index is 658. The number of nitrogens with zero attached hydrogens (tertiary/aromatic N) is 1. The highest BCUT2D eigenvalue weighted by atomic mass is 32.2. The van der Waals surface area contributed by atoms with Crippen molar-refractivity contribution in [2.45, 2.75) is 43.0 Å². The zero-order chi connectivity index (χ0) is 17.0. The number of anilines is 1. The van der Waals surface area contributed by atoms with Crippen LogP contribution in [0.5, 0.6) is 0 Å². The van der Waals surface area contributed by atoms with Crippen molar-refractivity contribution in [1.82, 2.24) is 4.31 Å². The molecule has 0 spiro atoms. The van der Waals surface area contributed by atoms with E-state index in [0.29, 0.717) is 12.1 Å². The highest BCUT2D eigenvalue weighted by molar-refractivity contribution is 7.89. The Morgan fingerprint density at radius 1 is 1.30 bits per heavy atom. The predicted octanol–water partition coefficient (Wildman–Crippen LogP) is 1.78. The van der Waals surface area contributed by atoms with E-state index in [1.54, 1.807) is 12.1 Å². The number of sulfonamides is 1. The molecule has 1 aliphatic rings. The maximum atomic E-state index is 12.2. The first-order chi connectivity index (χ1) is 10.8. The lowest BCUT2D eigenvalue weighted by Gasteiger charge is -2.27. The van der Waals surface area contributed by atoms with E-state index in [1.807, 2.05) is 0 Å². The van der Waals surface area contributed by atoms with Gasteiger partial charge in [-0.15, -0.1) is 0 Å². The molecule has 1 aromatic carbocycles. The van der Waals surface area contributed by atoms with Crippen molar-refractivity contribution in [3.05, 3.63) is 24.3 Å². The Balaban J connectivity index is 2.04. The molecule has 2 unspecified atom stereocenters. The topological polar surface area (TPSA) is 92.5 Å². The van der Waals surface area contributed by atoms with Crippen molar-refractivity contribution in [1.29, 1.82) is 0 Å². The van der Waals surface area contributed by atoms with E-state index in [4.69, 9.17) is 5.73 Å². The van der Waals surface area contributed by atoms with E-state index >= 15 is 0 Å². The van der Waals surface area contributed by atoms with Crippen LogP contribution in [-0.2, 0) is 14.8 Å². The van der Waals surface area contributed by atoms with Crippen molar-refractivity contribution in [3.63, 3.8) is 0 Å². The van der Waals surface area contributed by atoms with Crippen LogP contribution in [0.15, 0.2) is 29.2 Å². The SMILES string of the molecule is CN(C)S(=O)(=O)c1cccc(NC(=O)CC2CCCCC2N)c1. The van der Waals surface area contributed by atoms with Gasteiger partial charge in [0.2, 0.25) is 15.9 Å². The molecule has 0 aliphatic heterocycles. The van der Waals surface area contributed by atoms with Gasteiger partial charge in [0, 0.05) is 32.2 Å². The molecule has 3 N–H and O–H groups in total. The van der Waals surface area contributed by atoms with E-state index in [1.165, 1.54) is 26.2 Å². The van der Waals surface area contributed by atoms with Crippen LogP contribution in [0.1, 0.15) is 32.1 Å². The second kappa shape index (κ2) is 7.42. The highest BCUT2D eigenvalue weighted by Gasteiger charge is 2.24. The van der Waals surface area contributed by atoms with Crippen molar-refractivity contribution >= 4 is 21.6 Å². The molecule has 2 rings (SSSR count). The van der Waals surface area contributed by atoms with Crippen LogP contribution in [-0.4, -0.2) is 38.8 Å². The van der Waals surface area contributed by atoms with Gasteiger partial charge in [0.1, 0.15) is 0 Å². The molecule has 1 aliphatic carbocycles. The van der Waals surface area contributed by atoms with Crippen molar-refractivity contribution in [3.8, 4) is 0 Å². The molecule has 7 heteroatoms.